The average Bonchev–Trinajstić information content (AvgIpc) is 2.30. The Morgan fingerprint density at radius 1 is 1.38 bits per heavy atom. The summed E-state index contributed by atoms with van der Waals surface area (Å²) >= 11 is 0. The minimum absolute atomic E-state index is 0.277. The summed E-state index contributed by atoms with van der Waals surface area (Å²) in [5.74, 6) is -1.24. The van der Waals surface area contributed by atoms with Gasteiger partial charge in [-0.05, 0) is 6.07 Å². The second-order valence-corrected chi connectivity index (χ2v) is 3.16. The molecule has 16 heavy (non-hydrogen) atoms. The normalized spacial score (nSPS) is 10.0. The van der Waals surface area contributed by atoms with Crippen LogP contribution in [0.5, 0.6) is 0 Å². The maximum absolute atomic E-state index is 11.8. The molecule has 2 aromatic rings. The first kappa shape index (κ1) is 10.1. The molecule has 0 atom stereocenters. The Bertz CT molecular complexity index is 575. The van der Waals surface area contributed by atoms with E-state index in [-0.39, 0.29) is 5.56 Å². The zero-order valence-electron chi connectivity index (χ0n) is 8.18. The third kappa shape index (κ3) is 1.70. The second kappa shape index (κ2) is 3.98. The van der Waals surface area contributed by atoms with Crippen molar-refractivity contribution < 1.29 is 9.90 Å². The molecule has 0 saturated carbocycles. The van der Waals surface area contributed by atoms with Gasteiger partial charge in [-0.2, -0.15) is 0 Å². The molecule has 0 saturated heterocycles. The number of nitrogens with zero attached hydrogens (tertiary/aromatic N) is 1. The van der Waals surface area contributed by atoms with Crippen LogP contribution in [0.1, 0.15) is 10.4 Å². The molecule has 0 fully saturated rings. The summed E-state index contributed by atoms with van der Waals surface area (Å²) in [5, 5.41) is 8.80. The first-order chi connectivity index (χ1) is 7.70. The molecule has 0 aliphatic rings. The van der Waals surface area contributed by atoms with E-state index in [0.717, 1.165) is 0 Å². The van der Waals surface area contributed by atoms with E-state index in [9.17, 15) is 9.59 Å². The van der Waals surface area contributed by atoms with E-state index in [0.29, 0.717) is 11.1 Å². The van der Waals surface area contributed by atoms with Crippen molar-refractivity contribution in [3.63, 3.8) is 0 Å². The van der Waals surface area contributed by atoms with Crippen molar-refractivity contribution >= 4 is 5.97 Å². The maximum Gasteiger partial charge on any atom is 0.341 e. The molecule has 0 bridgehead atoms. The number of hydrogen-bond donors (Lipinski definition) is 2. The zero-order chi connectivity index (χ0) is 11.5. The molecule has 0 spiro atoms. The first-order valence-corrected chi connectivity index (χ1v) is 4.55. The van der Waals surface area contributed by atoms with Gasteiger partial charge in [0.1, 0.15) is 5.56 Å². The van der Waals surface area contributed by atoms with Gasteiger partial charge >= 0.3 is 5.97 Å². The molecule has 80 valence electrons. The lowest BCUT2D eigenvalue weighted by Crippen LogP contribution is -2.16. The van der Waals surface area contributed by atoms with Crippen LogP contribution in [0.25, 0.3) is 11.1 Å². The van der Waals surface area contributed by atoms with Gasteiger partial charge in [0.05, 0.1) is 0 Å². The molecular formula is C11H8N2O3. The number of aromatic carboxylic acids is 1. The number of pyridine rings is 2. The Kier molecular flexibility index (Phi) is 2.51. The van der Waals surface area contributed by atoms with E-state index in [1.54, 1.807) is 18.3 Å². The number of rotatable bonds is 2. The summed E-state index contributed by atoms with van der Waals surface area (Å²) < 4.78 is 0. The number of aromatic amines is 1. The van der Waals surface area contributed by atoms with Crippen molar-refractivity contribution in [1.29, 1.82) is 0 Å². The molecule has 5 nitrogen and oxygen atoms in total. The maximum atomic E-state index is 11.8. The van der Waals surface area contributed by atoms with Gasteiger partial charge in [-0.1, -0.05) is 6.07 Å². The summed E-state index contributed by atoms with van der Waals surface area (Å²) in [6.45, 7) is 0. The summed E-state index contributed by atoms with van der Waals surface area (Å²) in [6, 6.07) is 3.38. The molecule has 0 amide bonds. The fraction of sp³-hybridized carbons (Fsp3) is 0. The predicted molar refractivity (Wildman–Crippen MR) is 57.3 cm³/mol. The highest BCUT2D eigenvalue weighted by atomic mass is 16.4. The van der Waals surface area contributed by atoms with Gasteiger partial charge in [-0.3, -0.25) is 9.78 Å². The van der Waals surface area contributed by atoms with Gasteiger partial charge in [-0.25, -0.2) is 4.79 Å². The van der Waals surface area contributed by atoms with Crippen LogP contribution in [0, 0.1) is 0 Å². The van der Waals surface area contributed by atoms with Crippen LogP contribution < -0.4 is 5.43 Å². The molecule has 0 aliphatic heterocycles. The smallest absolute Gasteiger partial charge is 0.341 e. The summed E-state index contributed by atoms with van der Waals surface area (Å²) in [7, 11) is 0. The highest BCUT2D eigenvalue weighted by molar-refractivity contribution is 5.88. The van der Waals surface area contributed by atoms with Crippen LogP contribution >= 0.6 is 0 Å². The molecule has 0 radical (unpaired) electrons. The number of aromatic nitrogens is 2. The molecule has 0 aliphatic carbocycles. The van der Waals surface area contributed by atoms with Crippen LogP contribution in [0.4, 0.5) is 0 Å². The van der Waals surface area contributed by atoms with E-state index in [2.05, 4.69) is 9.97 Å². The number of carboxylic acids is 1. The van der Waals surface area contributed by atoms with Crippen molar-refractivity contribution in [2.24, 2.45) is 0 Å². The molecule has 0 aromatic carbocycles. The SMILES string of the molecule is O=C(O)c1c[nH]cc(-c2cccnc2)c1=O. The van der Waals surface area contributed by atoms with Gasteiger partial charge in [0.15, 0.2) is 0 Å². The number of carbonyl (C=O) groups is 1. The molecule has 0 unspecified atom stereocenters. The minimum atomic E-state index is -1.24. The van der Waals surface area contributed by atoms with E-state index in [1.165, 1.54) is 18.6 Å². The first-order valence-electron chi connectivity index (χ1n) is 4.55. The van der Waals surface area contributed by atoms with Crippen molar-refractivity contribution in [3.8, 4) is 11.1 Å². The number of hydrogen-bond acceptors (Lipinski definition) is 3. The number of H-pyrrole nitrogens is 1. The van der Waals surface area contributed by atoms with Crippen molar-refractivity contribution in [1.82, 2.24) is 9.97 Å². The quantitative estimate of drug-likeness (QED) is 0.788. The van der Waals surface area contributed by atoms with E-state index in [1.807, 2.05) is 0 Å². The minimum Gasteiger partial charge on any atom is -0.477 e. The standard InChI is InChI=1S/C11H8N2O3/c14-10-8(7-2-1-3-12-4-7)5-13-6-9(10)11(15)16/h1-6H,(H,13,14)(H,15,16). The Hall–Kier alpha value is -2.43. The summed E-state index contributed by atoms with van der Waals surface area (Å²) in [5.41, 5.74) is 0.0976. The summed E-state index contributed by atoms with van der Waals surface area (Å²) in [4.78, 5) is 29.1. The highest BCUT2D eigenvalue weighted by Crippen LogP contribution is 2.12. The van der Waals surface area contributed by atoms with Crippen LogP contribution in [0.2, 0.25) is 0 Å². The van der Waals surface area contributed by atoms with Gasteiger partial charge < -0.3 is 10.1 Å². The topological polar surface area (TPSA) is 83.0 Å². The average molecular weight is 216 g/mol. The lowest BCUT2D eigenvalue weighted by Gasteiger charge is -2.00. The predicted octanol–water partition coefficient (Wildman–Crippen LogP) is 1.14. The van der Waals surface area contributed by atoms with Gasteiger partial charge in [-0.15, -0.1) is 0 Å². The molecule has 2 heterocycles. The Labute approximate surface area is 90.4 Å². The van der Waals surface area contributed by atoms with Crippen molar-refractivity contribution in [2.45, 2.75) is 0 Å². The highest BCUT2D eigenvalue weighted by Gasteiger charge is 2.12. The molecular weight excluding hydrogens is 208 g/mol. The van der Waals surface area contributed by atoms with Crippen LogP contribution in [0.3, 0.4) is 0 Å². The Morgan fingerprint density at radius 2 is 2.19 bits per heavy atom. The summed E-state index contributed by atoms with van der Waals surface area (Å²) in [6.07, 6.45) is 5.73. The van der Waals surface area contributed by atoms with Gasteiger partial charge in [0, 0.05) is 35.9 Å². The van der Waals surface area contributed by atoms with Crippen LogP contribution in [0.15, 0.2) is 41.7 Å². The fourth-order valence-electron chi connectivity index (χ4n) is 1.38. The van der Waals surface area contributed by atoms with Gasteiger partial charge in [0.25, 0.3) is 0 Å². The Morgan fingerprint density at radius 3 is 2.81 bits per heavy atom. The fourth-order valence-corrected chi connectivity index (χ4v) is 1.38. The van der Waals surface area contributed by atoms with E-state index >= 15 is 0 Å². The van der Waals surface area contributed by atoms with E-state index < -0.39 is 11.4 Å². The molecule has 2 aromatic heterocycles. The van der Waals surface area contributed by atoms with E-state index in [4.69, 9.17) is 5.11 Å². The molecule has 2 rings (SSSR count). The zero-order valence-corrected chi connectivity index (χ0v) is 8.18. The lowest BCUT2D eigenvalue weighted by molar-refractivity contribution is 0.0695. The van der Waals surface area contributed by atoms with Gasteiger partial charge in [0.2, 0.25) is 5.43 Å². The lowest BCUT2D eigenvalue weighted by atomic mass is 10.1. The third-order valence-corrected chi connectivity index (χ3v) is 2.15. The van der Waals surface area contributed by atoms with Crippen LogP contribution in [-0.4, -0.2) is 21.0 Å². The molecule has 5 heteroatoms. The van der Waals surface area contributed by atoms with Crippen molar-refractivity contribution in [3.05, 3.63) is 52.7 Å². The number of carboxylic acid groups (broad SMARTS) is 1. The molecule has 2 N–H and O–H groups in total. The Balaban J connectivity index is 2.64. The van der Waals surface area contributed by atoms with Crippen molar-refractivity contribution in [2.75, 3.05) is 0 Å². The van der Waals surface area contributed by atoms with Crippen LogP contribution in [-0.2, 0) is 0 Å². The monoisotopic (exact) mass is 216 g/mol. The largest absolute Gasteiger partial charge is 0.477 e. The third-order valence-electron chi connectivity index (χ3n) is 2.15. The second-order valence-electron chi connectivity index (χ2n) is 3.16. The number of nitrogens with one attached hydrogen (secondary N) is 1.